The summed E-state index contributed by atoms with van der Waals surface area (Å²) in [6.07, 6.45) is 0. The van der Waals surface area contributed by atoms with Crippen LogP contribution < -0.4 is 4.50 Å². The monoisotopic (exact) mass is 244 g/mol. The summed E-state index contributed by atoms with van der Waals surface area (Å²) >= 11 is 1.89. The Balaban J connectivity index is 2.85. The lowest BCUT2D eigenvalue weighted by Crippen LogP contribution is -2.50. The van der Waals surface area contributed by atoms with E-state index in [-0.39, 0.29) is 0 Å². The Hall–Kier alpha value is 0.0938. The van der Waals surface area contributed by atoms with E-state index in [2.05, 4.69) is 51.8 Å². The maximum Gasteiger partial charge on any atom is 0.216 e. The van der Waals surface area contributed by atoms with E-state index in [4.69, 9.17) is 4.12 Å². The predicted octanol–water partition coefficient (Wildman–Crippen LogP) is 3.32. The summed E-state index contributed by atoms with van der Waals surface area (Å²) in [6, 6.07) is 4.44. The average Bonchev–Trinajstić information content (AvgIpc) is 2.29. The second-order valence-corrected chi connectivity index (χ2v) is 15.4. The molecule has 0 aliphatic carbocycles. The Kier molecular flexibility index (Phi) is 3.41. The molecule has 1 nitrogen and oxygen atoms in total. The van der Waals surface area contributed by atoms with Crippen LogP contribution in [0.1, 0.15) is 4.88 Å². The van der Waals surface area contributed by atoms with Gasteiger partial charge in [0.1, 0.15) is 0 Å². The van der Waals surface area contributed by atoms with Crippen LogP contribution in [0.5, 0.6) is 0 Å². The molecule has 14 heavy (non-hydrogen) atoms. The Morgan fingerprint density at radius 1 is 1.07 bits per heavy atom. The minimum atomic E-state index is -1.61. The highest BCUT2D eigenvalue weighted by Gasteiger charge is 2.32. The van der Waals surface area contributed by atoms with Gasteiger partial charge in [0.25, 0.3) is 0 Å². The van der Waals surface area contributed by atoms with Gasteiger partial charge in [-0.05, 0) is 51.8 Å². The molecule has 0 unspecified atom stereocenters. The normalized spacial score (nSPS) is 13.3. The van der Waals surface area contributed by atoms with E-state index in [0.29, 0.717) is 0 Å². The maximum absolute atomic E-state index is 6.31. The highest BCUT2D eigenvalue weighted by atomic mass is 32.1. The molecular formula is C10H20OSSi2. The summed E-state index contributed by atoms with van der Waals surface area (Å²) in [7, 11) is -3.01. The minimum absolute atomic E-state index is 1.39. The third-order valence-corrected chi connectivity index (χ3v) is 10.3. The Morgan fingerprint density at radius 2 is 1.64 bits per heavy atom. The van der Waals surface area contributed by atoms with E-state index >= 15 is 0 Å². The van der Waals surface area contributed by atoms with Gasteiger partial charge in [0, 0.05) is 9.38 Å². The van der Waals surface area contributed by atoms with Crippen molar-refractivity contribution in [2.24, 2.45) is 0 Å². The fraction of sp³-hybridized carbons (Fsp3) is 0.600. The summed E-state index contributed by atoms with van der Waals surface area (Å²) < 4.78 is 7.78. The van der Waals surface area contributed by atoms with Gasteiger partial charge < -0.3 is 4.12 Å². The van der Waals surface area contributed by atoms with Crippen molar-refractivity contribution >= 4 is 32.5 Å². The molecule has 0 N–H and O–H groups in total. The van der Waals surface area contributed by atoms with Gasteiger partial charge in [-0.3, -0.25) is 0 Å². The first kappa shape index (κ1) is 12.2. The van der Waals surface area contributed by atoms with Crippen LogP contribution in [0, 0.1) is 6.92 Å². The highest BCUT2D eigenvalue weighted by Crippen LogP contribution is 2.18. The number of aryl methyl sites for hydroxylation is 1. The maximum atomic E-state index is 6.31. The molecule has 4 heteroatoms. The van der Waals surface area contributed by atoms with Crippen LogP contribution in [0.3, 0.4) is 0 Å². The first-order valence-corrected chi connectivity index (χ1v) is 12.1. The summed E-state index contributed by atoms with van der Waals surface area (Å²) in [5.41, 5.74) is 0. The molecule has 1 heterocycles. The van der Waals surface area contributed by atoms with Gasteiger partial charge in [-0.25, -0.2) is 0 Å². The molecule has 0 aliphatic rings. The summed E-state index contributed by atoms with van der Waals surface area (Å²) in [5.74, 6) is 0. The van der Waals surface area contributed by atoms with Gasteiger partial charge in [-0.15, -0.1) is 11.3 Å². The Labute approximate surface area is 93.4 Å². The quantitative estimate of drug-likeness (QED) is 0.741. The second-order valence-electron chi connectivity index (χ2n) is 5.14. The molecule has 0 spiro atoms. The average molecular weight is 245 g/mol. The molecular weight excluding hydrogens is 224 g/mol. The molecule has 80 valence electrons. The van der Waals surface area contributed by atoms with Crippen molar-refractivity contribution in [3.05, 3.63) is 17.0 Å². The molecule has 1 rings (SSSR count). The van der Waals surface area contributed by atoms with Crippen LogP contribution >= 0.6 is 11.3 Å². The third-order valence-electron chi connectivity index (χ3n) is 1.90. The van der Waals surface area contributed by atoms with Crippen molar-refractivity contribution in [3.63, 3.8) is 0 Å². The standard InChI is InChI=1S/C10H20OSSi2/c1-9-7-8-10(12-9)14(5,6)11-13(2,3)4/h7-8H,1-6H3. The molecule has 0 aromatic carbocycles. The van der Waals surface area contributed by atoms with E-state index in [9.17, 15) is 0 Å². The summed E-state index contributed by atoms with van der Waals surface area (Å²) in [5, 5.41) is 0. The molecule has 1 aromatic rings. The van der Waals surface area contributed by atoms with Crippen LogP contribution in [0.2, 0.25) is 32.7 Å². The molecule has 0 saturated carbocycles. The van der Waals surface area contributed by atoms with Gasteiger partial charge in [-0.2, -0.15) is 0 Å². The van der Waals surface area contributed by atoms with Crippen molar-refractivity contribution in [3.8, 4) is 0 Å². The van der Waals surface area contributed by atoms with Crippen LogP contribution in [0.4, 0.5) is 0 Å². The van der Waals surface area contributed by atoms with Crippen molar-refractivity contribution in [1.82, 2.24) is 0 Å². The van der Waals surface area contributed by atoms with Gasteiger partial charge in [0.2, 0.25) is 8.32 Å². The largest absolute Gasteiger partial charge is 0.452 e. The molecule has 0 saturated heterocycles. The molecule has 1 aromatic heterocycles. The SMILES string of the molecule is Cc1ccc([Si](C)(C)O[Si](C)(C)C)s1. The second kappa shape index (κ2) is 3.92. The fourth-order valence-corrected chi connectivity index (χ4v) is 11.0. The smallest absolute Gasteiger partial charge is 0.216 e. The van der Waals surface area contributed by atoms with Crippen LogP contribution in [0.25, 0.3) is 0 Å². The number of hydrogen-bond acceptors (Lipinski definition) is 2. The lowest BCUT2D eigenvalue weighted by molar-refractivity contribution is 0.567. The zero-order valence-corrected chi connectivity index (χ0v) is 12.8. The van der Waals surface area contributed by atoms with E-state index in [1.54, 1.807) is 0 Å². The minimum Gasteiger partial charge on any atom is -0.452 e. The predicted molar refractivity (Wildman–Crippen MR) is 70.6 cm³/mol. The first-order valence-electron chi connectivity index (χ1n) is 4.98. The van der Waals surface area contributed by atoms with Crippen molar-refractivity contribution in [2.75, 3.05) is 0 Å². The van der Waals surface area contributed by atoms with Crippen molar-refractivity contribution < 1.29 is 4.12 Å². The van der Waals surface area contributed by atoms with Crippen molar-refractivity contribution in [1.29, 1.82) is 0 Å². The molecule has 0 atom stereocenters. The van der Waals surface area contributed by atoms with Gasteiger partial charge in [-0.1, -0.05) is 0 Å². The van der Waals surface area contributed by atoms with Crippen LogP contribution in [-0.2, 0) is 4.12 Å². The molecule has 0 fully saturated rings. The van der Waals surface area contributed by atoms with Crippen LogP contribution in [0.15, 0.2) is 12.1 Å². The van der Waals surface area contributed by atoms with Gasteiger partial charge in [0.15, 0.2) is 8.32 Å². The number of thiophene rings is 1. The van der Waals surface area contributed by atoms with Crippen LogP contribution in [-0.4, -0.2) is 16.6 Å². The van der Waals surface area contributed by atoms with Gasteiger partial charge in [0.05, 0.1) is 0 Å². The number of rotatable bonds is 3. The Morgan fingerprint density at radius 3 is 2.00 bits per heavy atom. The fourth-order valence-electron chi connectivity index (χ4n) is 1.57. The highest BCUT2D eigenvalue weighted by molar-refractivity contribution is 7.26. The molecule has 0 bridgehead atoms. The summed E-state index contributed by atoms with van der Waals surface area (Å²) in [6.45, 7) is 13.6. The van der Waals surface area contributed by atoms with E-state index in [1.807, 2.05) is 11.3 Å². The number of hydrogen-bond donors (Lipinski definition) is 0. The molecule has 0 aliphatic heterocycles. The topological polar surface area (TPSA) is 9.23 Å². The third kappa shape index (κ3) is 3.35. The van der Waals surface area contributed by atoms with Gasteiger partial charge >= 0.3 is 0 Å². The van der Waals surface area contributed by atoms with E-state index in [1.165, 1.54) is 9.38 Å². The first-order chi connectivity index (χ1) is 6.21. The lowest BCUT2D eigenvalue weighted by Gasteiger charge is -2.30. The zero-order valence-electron chi connectivity index (χ0n) is 9.97. The zero-order chi connectivity index (χ0) is 11.0. The molecule has 0 radical (unpaired) electrons. The Bertz CT molecular complexity index is 312. The molecule has 0 amide bonds. The summed E-state index contributed by atoms with van der Waals surface area (Å²) in [4.78, 5) is 1.39. The van der Waals surface area contributed by atoms with E-state index in [0.717, 1.165) is 0 Å². The van der Waals surface area contributed by atoms with E-state index < -0.39 is 16.6 Å². The van der Waals surface area contributed by atoms with Crippen molar-refractivity contribution in [2.45, 2.75) is 39.7 Å². The lowest BCUT2D eigenvalue weighted by atomic mass is 10.5.